The van der Waals surface area contributed by atoms with Crippen LogP contribution in [0.5, 0.6) is 0 Å². The van der Waals surface area contributed by atoms with Gasteiger partial charge in [0.25, 0.3) is 5.91 Å². The van der Waals surface area contributed by atoms with Gasteiger partial charge in [-0.15, -0.1) is 0 Å². The van der Waals surface area contributed by atoms with E-state index in [0.717, 1.165) is 34.3 Å². The maximum atomic E-state index is 12.3. The molecule has 0 saturated heterocycles. The number of hydrogen-bond donors (Lipinski definition) is 1. The van der Waals surface area contributed by atoms with E-state index in [1.807, 2.05) is 61.0 Å². The van der Waals surface area contributed by atoms with Gasteiger partial charge >= 0.3 is 5.97 Å². The third-order valence-corrected chi connectivity index (χ3v) is 4.82. The Morgan fingerprint density at radius 3 is 2.59 bits per heavy atom. The summed E-state index contributed by atoms with van der Waals surface area (Å²) < 4.78 is 7.13. The first-order valence-corrected chi connectivity index (χ1v) is 9.81. The molecule has 0 bridgehead atoms. The molecule has 0 atom stereocenters. The van der Waals surface area contributed by atoms with Gasteiger partial charge in [0.2, 0.25) is 0 Å². The first-order valence-electron chi connectivity index (χ1n) is 9.81. The van der Waals surface area contributed by atoms with Crippen LogP contribution in [0.4, 0.5) is 5.69 Å². The normalized spacial score (nSPS) is 11.1. The number of aryl methyl sites for hydroxylation is 1. The van der Waals surface area contributed by atoms with Crippen molar-refractivity contribution >= 4 is 28.3 Å². The van der Waals surface area contributed by atoms with Crippen molar-refractivity contribution in [3.63, 3.8) is 0 Å². The van der Waals surface area contributed by atoms with Gasteiger partial charge in [-0.2, -0.15) is 5.10 Å². The second-order valence-corrected chi connectivity index (χ2v) is 7.64. The molecule has 6 heteroatoms. The van der Waals surface area contributed by atoms with E-state index >= 15 is 0 Å². The Morgan fingerprint density at radius 2 is 1.83 bits per heavy atom. The van der Waals surface area contributed by atoms with E-state index in [4.69, 9.17) is 4.74 Å². The summed E-state index contributed by atoms with van der Waals surface area (Å²) in [7, 11) is 0. The maximum absolute atomic E-state index is 12.3. The van der Waals surface area contributed by atoms with Gasteiger partial charge in [-0.25, -0.2) is 0 Å². The fourth-order valence-corrected chi connectivity index (χ4v) is 3.38. The number of hydrogen-bond acceptors (Lipinski definition) is 4. The predicted octanol–water partition coefficient (Wildman–Crippen LogP) is 4.03. The number of benzene rings is 2. The summed E-state index contributed by atoms with van der Waals surface area (Å²) in [6, 6.07) is 13.5. The zero-order valence-corrected chi connectivity index (χ0v) is 17.4. The molecule has 29 heavy (non-hydrogen) atoms. The maximum Gasteiger partial charge on any atom is 0.310 e. The van der Waals surface area contributed by atoms with Crippen molar-refractivity contribution in [2.45, 2.75) is 40.7 Å². The van der Waals surface area contributed by atoms with Gasteiger partial charge in [0.05, 0.1) is 12.1 Å². The summed E-state index contributed by atoms with van der Waals surface area (Å²) in [5, 5.41) is 9.31. The third-order valence-electron chi connectivity index (χ3n) is 4.82. The first kappa shape index (κ1) is 20.6. The van der Waals surface area contributed by atoms with E-state index < -0.39 is 5.97 Å². The van der Waals surface area contributed by atoms with Crippen molar-refractivity contribution in [2.24, 2.45) is 5.92 Å². The van der Waals surface area contributed by atoms with Crippen LogP contribution in [-0.4, -0.2) is 28.3 Å². The SMILES string of the molecule is Cc1nn(CC(C)C)c(C)c1CC(=O)OCC(=O)Nc1cccc2ccccc12. The van der Waals surface area contributed by atoms with Gasteiger partial charge in [0.15, 0.2) is 6.61 Å². The molecule has 1 aromatic heterocycles. The van der Waals surface area contributed by atoms with Crippen molar-refractivity contribution < 1.29 is 14.3 Å². The number of carbonyl (C=O) groups is 2. The number of ether oxygens (including phenoxy) is 1. The van der Waals surface area contributed by atoms with E-state index in [-0.39, 0.29) is 18.9 Å². The van der Waals surface area contributed by atoms with Crippen LogP contribution < -0.4 is 5.32 Å². The molecule has 152 valence electrons. The summed E-state index contributed by atoms with van der Waals surface area (Å²) in [6.07, 6.45) is 0.108. The number of fused-ring (bicyclic) bond motifs is 1. The van der Waals surface area contributed by atoms with Crippen LogP contribution in [-0.2, 0) is 27.3 Å². The van der Waals surface area contributed by atoms with Crippen LogP contribution in [0.25, 0.3) is 10.8 Å². The Hall–Kier alpha value is -3.15. The van der Waals surface area contributed by atoms with Crippen LogP contribution in [0.1, 0.15) is 30.8 Å². The number of amides is 1. The largest absolute Gasteiger partial charge is 0.455 e. The number of esters is 1. The van der Waals surface area contributed by atoms with Crippen molar-refractivity contribution in [3.8, 4) is 0 Å². The van der Waals surface area contributed by atoms with Gasteiger partial charge in [-0.05, 0) is 31.2 Å². The van der Waals surface area contributed by atoms with Gasteiger partial charge in [0.1, 0.15) is 0 Å². The topological polar surface area (TPSA) is 73.2 Å². The molecule has 3 rings (SSSR count). The monoisotopic (exact) mass is 393 g/mol. The highest BCUT2D eigenvalue weighted by Gasteiger charge is 2.17. The Labute approximate surface area is 170 Å². The molecule has 0 fully saturated rings. The number of carbonyl (C=O) groups excluding carboxylic acids is 2. The lowest BCUT2D eigenvalue weighted by Gasteiger charge is -2.10. The quantitative estimate of drug-likeness (QED) is 0.615. The summed E-state index contributed by atoms with van der Waals surface area (Å²) in [4.78, 5) is 24.5. The molecule has 1 amide bonds. The third kappa shape index (κ3) is 5.02. The molecule has 0 aliphatic carbocycles. The summed E-state index contributed by atoms with van der Waals surface area (Å²) in [6.45, 7) is 8.57. The first-order chi connectivity index (χ1) is 13.8. The molecular weight excluding hydrogens is 366 g/mol. The van der Waals surface area contributed by atoms with Crippen molar-refractivity contribution in [2.75, 3.05) is 11.9 Å². The standard InChI is InChI=1S/C23H27N3O3/c1-15(2)13-26-17(4)20(16(3)25-26)12-23(28)29-14-22(27)24-21-11-7-9-18-8-5-6-10-19(18)21/h5-11,15H,12-14H2,1-4H3,(H,24,27). The zero-order valence-electron chi connectivity index (χ0n) is 17.4. The molecule has 0 aliphatic rings. The Morgan fingerprint density at radius 1 is 1.10 bits per heavy atom. The van der Waals surface area contributed by atoms with Gasteiger partial charge in [0, 0.05) is 28.9 Å². The molecule has 3 aromatic rings. The van der Waals surface area contributed by atoms with Gasteiger partial charge in [-0.3, -0.25) is 14.3 Å². The molecule has 2 aromatic carbocycles. The fraction of sp³-hybridized carbons (Fsp3) is 0.348. The minimum atomic E-state index is -0.437. The Balaban J connectivity index is 1.58. The minimum Gasteiger partial charge on any atom is -0.455 e. The van der Waals surface area contributed by atoms with Crippen LogP contribution in [0, 0.1) is 19.8 Å². The zero-order chi connectivity index (χ0) is 21.0. The number of nitrogens with zero attached hydrogens (tertiary/aromatic N) is 2. The molecule has 1 N–H and O–H groups in total. The highest BCUT2D eigenvalue weighted by Crippen LogP contribution is 2.23. The summed E-state index contributed by atoms with van der Waals surface area (Å²) in [5.74, 6) is -0.336. The summed E-state index contributed by atoms with van der Waals surface area (Å²) >= 11 is 0. The van der Waals surface area contributed by atoms with Crippen LogP contribution >= 0.6 is 0 Å². The molecular formula is C23H27N3O3. The number of nitrogens with one attached hydrogen (secondary N) is 1. The van der Waals surface area contributed by atoms with Crippen LogP contribution in [0.15, 0.2) is 42.5 Å². The molecule has 0 saturated carbocycles. The van der Waals surface area contributed by atoms with Crippen molar-refractivity contribution in [3.05, 3.63) is 59.4 Å². The molecule has 0 spiro atoms. The van der Waals surface area contributed by atoms with Gasteiger partial charge < -0.3 is 10.1 Å². The number of anilines is 1. The molecule has 0 radical (unpaired) electrons. The Kier molecular flexibility index (Phi) is 6.32. The van der Waals surface area contributed by atoms with E-state index in [2.05, 4.69) is 24.3 Å². The van der Waals surface area contributed by atoms with E-state index in [9.17, 15) is 9.59 Å². The second-order valence-electron chi connectivity index (χ2n) is 7.64. The summed E-state index contributed by atoms with van der Waals surface area (Å²) in [5.41, 5.74) is 3.35. The average Bonchev–Trinajstić information content (AvgIpc) is 2.93. The lowest BCUT2D eigenvalue weighted by Crippen LogP contribution is -2.22. The highest BCUT2D eigenvalue weighted by molar-refractivity contribution is 6.02. The molecule has 0 unspecified atom stereocenters. The Bertz CT molecular complexity index is 1030. The number of aromatic nitrogens is 2. The van der Waals surface area contributed by atoms with E-state index in [0.29, 0.717) is 11.6 Å². The van der Waals surface area contributed by atoms with Crippen molar-refractivity contribution in [1.82, 2.24) is 9.78 Å². The van der Waals surface area contributed by atoms with Crippen LogP contribution in [0.3, 0.4) is 0 Å². The van der Waals surface area contributed by atoms with Crippen molar-refractivity contribution in [1.29, 1.82) is 0 Å². The molecule has 1 heterocycles. The smallest absolute Gasteiger partial charge is 0.310 e. The predicted molar refractivity (Wildman–Crippen MR) is 114 cm³/mol. The van der Waals surface area contributed by atoms with Gasteiger partial charge in [-0.1, -0.05) is 50.2 Å². The van der Waals surface area contributed by atoms with E-state index in [1.165, 1.54) is 0 Å². The highest BCUT2D eigenvalue weighted by atomic mass is 16.5. The van der Waals surface area contributed by atoms with Crippen LogP contribution in [0.2, 0.25) is 0 Å². The fourth-order valence-electron chi connectivity index (χ4n) is 3.38. The lowest BCUT2D eigenvalue weighted by atomic mass is 10.1. The average molecular weight is 393 g/mol. The molecule has 0 aliphatic heterocycles. The van der Waals surface area contributed by atoms with E-state index in [1.54, 1.807) is 0 Å². The second kappa shape index (κ2) is 8.90. The number of rotatable bonds is 7. The molecule has 6 nitrogen and oxygen atoms in total. The minimum absolute atomic E-state index is 0.108. The lowest BCUT2D eigenvalue weighted by molar-refractivity contribution is -0.146.